The summed E-state index contributed by atoms with van der Waals surface area (Å²) in [5.41, 5.74) is 4.52. The number of thiocarbonyl (C=S) groups is 2. The zero-order valence-electron chi connectivity index (χ0n) is 17.1. The van der Waals surface area contributed by atoms with Crippen LogP contribution in [0.25, 0.3) is 0 Å². The highest BCUT2D eigenvalue weighted by Gasteiger charge is 2.19. The van der Waals surface area contributed by atoms with Gasteiger partial charge in [-0.15, -0.1) is 0 Å². The van der Waals surface area contributed by atoms with E-state index in [1.807, 2.05) is 30.3 Å². The first kappa shape index (κ1) is 21.5. The Kier molecular flexibility index (Phi) is 7.80. The molecule has 1 heterocycles. The molecule has 0 aromatic heterocycles. The minimum Gasteiger partial charge on any atom is -0.361 e. The molecular formula is C22H29N5S2. The average Bonchev–Trinajstić information content (AvgIpc) is 2.72. The highest BCUT2D eigenvalue weighted by atomic mass is 32.1. The smallest absolute Gasteiger partial charge is 0.173 e. The summed E-state index contributed by atoms with van der Waals surface area (Å²) < 4.78 is 0. The molecule has 0 aliphatic carbocycles. The summed E-state index contributed by atoms with van der Waals surface area (Å²) in [5.74, 6) is 0. The van der Waals surface area contributed by atoms with E-state index in [4.69, 9.17) is 24.4 Å². The van der Waals surface area contributed by atoms with Crippen LogP contribution < -0.4 is 16.0 Å². The van der Waals surface area contributed by atoms with Crippen molar-refractivity contribution in [2.24, 2.45) is 0 Å². The number of aryl methyl sites for hydroxylation is 2. The van der Waals surface area contributed by atoms with Gasteiger partial charge in [-0.3, -0.25) is 4.90 Å². The number of nitrogens with zero attached hydrogens (tertiary/aromatic N) is 2. The van der Waals surface area contributed by atoms with E-state index in [1.54, 1.807) is 0 Å². The Hall–Kier alpha value is -2.22. The Bertz CT molecular complexity index is 844. The molecule has 2 aromatic rings. The lowest BCUT2D eigenvalue weighted by Gasteiger charge is -2.36. The van der Waals surface area contributed by atoms with Crippen LogP contribution in [0.5, 0.6) is 0 Å². The minimum absolute atomic E-state index is 0.668. The molecule has 2 aromatic carbocycles. The number of anilines is 2. The Morgan fingerprint density at radius 3 is 1.97 bits per heavy atom. The maximum absolute atomic E-state index is 5.61. The summed E-state index contributed by atoms with van der Waals surface area (Å²) in [6.07, 6.45) is 0. The summed E-state index contributed by atoms with van der Waals surface area (Å²) in [6, 6.07) is 16.4. The van der Waals surface area contributed by atoms with E-state index in [0.717, 1.165) is 55.8 Å². The first-order valence-electron chi connectivity index (χ1n) is 9.97. The molecule has 1 fully saturated rings. The summed E-state index contributed by atoms with van der Waals surface area (Å²) in [7, 11) is 0. The van der Waals surface area contributed by atoms with Crippen LogP contribution in [-0.4, -0.2) is 59.3 Å². The molecule has 1 aliphatic rings. The average molecular weight is 428 g/mol. The molecule has 5 nitrogen and oxygen atoms in total. The van der Waals surface area contributed by atoms with Crippen molar-refractivity contribution in [2.75, 3.05) is 49.9 Å². The maximum Gasteiger partial charge on any atom is 0.173 e. The van der Waals surface area contributed by atoms with Crippen molar-refractivity contribution in [1.82, 2.24) is 15.1 Å². The van der Waals surface area contributed by atoms with Crippen LogP contribution in [-0.2, 0) is 0 Å². The molecule has 0 amide bonds. The molecule has 0 radical (unpaired) electrons. The lowest BCUT2D eigenvalue weighted by atomic mass is 10.2. The predicted molar refractivity (Wildman–Crippen MR) is 131 cm³/mol. The fourth-order valence-corrected chi connectivity index (χ4v) is 3.79. The number of hydrogen-bond acceptors (Lipinski definition) is 3. The minimum atomic E-state index is 0.668. The van der Waals surface area contributed by atoms with Crippen molar-refractivity contribution in [3.63, 3.8) is 0 Å². The van der Waals surface area contributed by atoms with Crippen LogP contribution in [0.1, 0.15) is 11.1 Å². The maximum atomic E-state index is 5.61. The molecular weight excluding hydrogens is 398 g/mol. The first-order chi connectivity index (χ1) is 14.0. The first-order valence-corrected chi connectivity index (χ1v) is 10.8. The monoisotopic (exact) mass is 427 g/mol. The van der Waals surface area contributed by atoms with Crippen molar-refractivity contribution in [3.05, 3.63) is 59.7 Å². The predicted octanol–water partition coefficient (Wildman–Crippen LogP) is 3.60. The SMILES string of the molecule is Cc1ccccc1NC(=S)NCCN1CCN(C(=S)Nc2ccccc2C)CC1. The van der Waals surface area contributed by atoms with Gasteiger partial charge < -0.3 is 20.9 Å². The second-order valence-electron chi connectivity index (χ2n) is 7.27. The van der Waals surface area contributed by atoms with Crippen LogP contribution in [0.2, 0.25) is 0 Å². The van der Waals surface area contributed by atoms with Crippen LogP contribution in [0.4, 0.5) is 11.4 Å². The molecule has 0 spiro atoms. The fourth-order valence-electron chi connectivity index (χ4n) is 3.29. The fraction of sp³-hybridized carbons (Fsp3) is 0.364. The lowest BCUT2D eigenvalue weighted by Crippen LogP contribution is -2.51. The highest BCUT2D eigenvalue weighted by molar-refractivity contribution is 7.80. The third-order valence-electron chi connectivity index (χ3n) is 5.15. The molecule has 3 N–H and O–H groups in total. The summed E-state index contributed by atoms with van der Waals surface area (Å²) in [6.45, 7) is 9.81. The zero-order chi connectivity index (χ0) is 20.6. The number of para-hydroxylation sites is 2. The quantitative estimate of drug-likeness (QED) is 0.630. The normalized spacial score (nSPS) is 14.3. The van der Waals surface area contributed by atoms with Gasteiger partial charge in [0.25, 0.3) is 0 Å². The molecule has 0 unspecified atom stereocenters. The Labute approximate surface area is 184 Å². The van der Waals surface area contributed by atoms with E-state index in [2.05, 4.69) is 57.8 Å². The third kappa shape index (κ3) is 6.39. The topological polar surface area (TPSA) is 42.6 Å². The van der Waals surface area contributed by atoms with Crippen molar-refractivity contribution >= 4 is 46.0 Å². The van der Waals surface area contributed by atoms with E-state index in [-0.39, 0.29) is 0 Å². The second-order valence-corrected chi connectivity index (χ2v) is 8.06. The lowest BCUT2D eigenvalue weighted by molar-refractivity contribution is 0.186. The van der Waals surface area contributed by atoms with E-state index in [1.165, 1.54) is 11.1 Å². The van der Waals surface area contributed by atoms with Gasteiger partial charge in [0.05, 0.1) is 0 Å². The molecule has 1 saturated heterocycles. The van der Waals surface area contributed by atoms with E-state index < -0.39 is 0 Å². The number of benzene rings is 2. The van der Waals surface area contributed by atoms with Gasteiger partial charge in [-0.25, -0.2) is 0 Å². The highest BCUT2D eigenvalue weighted by Crippen LogP contribution is 2.15. The van der Waals surface area contributed by atoms with Crippen molar-refractivity contribution in [2.45, 2.75) is 13.8 Å². The van der Waals surface area contributed by atoms with E-state index in [9.17, 15) is 0 Å². The Morgan fingerprint density at radius 1 is 0.828 bits per heavy atom. The standard InChI is InChI=1S/C22H29N5S2/c1-17-7-3-5-9-19(17)24-21(28)23-11-12-26-13-15-27(16-14-26)22(29)25-20-10-6-4-8-18(20)2/h3-10H,11-16H2,1-2H3,(H,25,29)(H2,23,24,28). The van der Waals surface area contributed by atoms with Crippen LogP contribution in [0, 0.1) is 13.8 Å². The molecule has 0 bridgehead atoms. The van der Waals surface area contributed by atoms with Gasteiger partial charge in [-0.05, 0) is 61.5 Å². The second kappa shape index (κ2) is 10.5. The van der Waals surface area contributed by atoms with Gasteiger partial charge in [0.2, 0.25) is 0 Å². The Morgan fingerprint density at radius 2 is 1.38 bits per heavy atom. The van der Waals surface area contributed by atoms with Crippen LogP contribution >= 0.6 is 24.4 Å². The number of hydrogen-bond donors (Lipinski definition) is 3. The number of nitrogens with one attached hydrogen (secondary N) is 3. The summed E-state index contributed by atoms with van der Waals surface area (Å²) >= 11 is 11.0. The van der Waals surface area contributed by atoms with Crippen molar-refractivity contribution in [1.29, 1.82) is 0 Å². The van der Waals surface area contributed by atoms with Crippen molar-refractivity contribution in [3.8, 4) is 0 Å². The molecule has 1 aliphatic heterocycles. The van der Waals surface area contributed by atoms with Gasteiger partial charge in [-0.1, -0.05) is 36.4 Å². The number of rotatable bonds is 5. The van der Waals surface area contributed by atoms with Gasteiger partial charge in [0, 0.05) is 50.6 Å². The zero-order valence-corrected chi connectivity index (χ0v) is 18.7. The third-order valence-corrected chi connectivity index (χ3v) is 5.76. The molecule has 7 heteroatoms. The van der Waals surface area contributed by atoms with Gasteiger partial charge >= 0.3 is 0 Å². The molecule has 29 heavy (non-hydrogen) atoms. The van der Waals surface area contributed by atoms with E-state index in [0.29, 0.717) is 5.11 Å². The largest absolute Gasteiger partial charge is 0.361 e. The van der Waals surface area contributed by atoms with Gasteiger partial charge in [0.15, 0.2) is 10.2 Å². The summed E-state index contributed by atoms with van der Waals surface area (Å²) in [4.78, 5) is 4.69. The van der Waals surface area contributed by atoms with Crippen molar-refractivity contribution < 1.29 is 0 Å². The van der Waals surface area contributed by atoms with E-state index >= 15 is 0 Å². The van der Waals surface area contributed by atoms with Gasteiger partial charge in [-0.2, -0.15) is 0 Å². The number of piperazine rings is 1. The molecule has 0 saturated carbocycles. The summed E-state index contributed by atoms with van der Waals surface area (Å²) in [5, 5.41) is 11.4. The van der Waals surface area contributed by atoms with Crippen LogP contribution in [0.3, 0.4) is 0 Å². The Balaban J connectivity index is 1.35. The van der Waals surface area contributed by atoms with Gasteiger partial charge in [0.1, 0.15) is 0 Å². The van der Waals surface area contributed by atoms with Crippen LogP contribution in [0.15, 0.2) is 48.5 Å². The molecule has 154 valence electrons. The molecule has 3 rings (SSSR count). The molecule has 0 atom stereocenters.